The van der Waals surface area contributed by atoms with Gasteiger partial charge in [0.05, 0.1) is 27.3 Å². The maximum atomic E-state index is 12.9. The Labute approximate surface area is 154 Å². The van der Waals surface area contributed by atoms with Crippen LogP contribution in [-0.4, -0.2) is 37.3 Å². The van der Waals surface area contributed by atoms with Crippen LogP contribution >= 0.6 is 11.3 Å². The molecule has 0 spiro atoms. The van der Waals surface area contributed by atoms with Gasteiger partial charge in [0, 0.05) is 7.05 Å². The van der Waals surface area contributed by atoms with E-state index in [2.05, 4.69) is 10.3 Å². The van der Waals surface area contributed by atoms with Crippen molar-refractivity contribution in [3.8, 4) is 5.75 Å². The highest BCUT2D eigenvalue weighted by Crippen LogP contribution is 2.31. The Hall–Kier alpha value is -2.49. The van der Waals surface area contributed by atoms with Crippen molar-refractivity contribution in [2.75, 3.05) is 19.0 Å². The number of nitrogens with zero attached hydrogens (tertiary/aromatic N) is 2. The molecule has 0 radical (unpaired) electrons. The zero-order valence-electron chi connectivity index (χ0n) is 13.8. The smallest absolute Gasteiger partial charge is 0.262 e. The predicted molar refractivity (Wildman–Crippen MR) is 98.8 cm³/mol. The van der Waals surface area contributed by atoms with E-state index in [1.54, 1.807) is 6.07 Å². The number of anilines is 1. The van der Waals surface area contributed by atoms with Gasteiger partial charge in [0.1, 0.15) is 10.8 Å². The summed E-state index contributed by atoms with van der Waals surface area (Å²) in [7, 11) is -2.22. The molecule has 0 fully saturated rings. The van der Waals surface area contributed by atoms with Crippen molar-refractivity contribution in [1.82, 2.24) is 9.29 Å². The van der Waals surface area contributed by atoms with Gasteiger partial charge in [0.2, 0.25) is 10.0 Å². The van der Waals surface area contributed by atoms with E-state index in [-0.39, 0.29) is 24.0 Å². The molecule has 0 atom stereocenters. The van der Waals surface area contributed by atoms with Crippen molar-refractivity contribution in [3.63, 3.8) is 0 Å². The summed E-state index contributed by atoms with van der Waals surface area (Å²) in [5, 5.41) is 3.34. The Morgan fingerprint density at radius 2 is 2.08 bits per heavy atom. The molecule has 3 aromatic rings. The highest BCUT2D eigenvalue weighted by atomic mass is 32.2. The van der Waals surface area contributed by atoms with Crippen LogP contribution in [0.3, 0.4) is 0 Å². The summed E-state index contributed by atoms with van der Waals surface area (Å²) in [4.78, 5) is 16.0. The zero-order chi connectivity index (χ0) is 18.3. The number of thiazole rings is 1. The number of fused-ring (bicyclic) bond motifs is 2. The molecular formula is C17H15N3O4S2. The Morgan fingerprint density at radius 1 is 1.27 bits per heavy atom. The largest absolute Gasteiger partial charge is 0.482 e. The standard InChI is InChI=1S/C17H15N3O4S2/c1-20(9-17-19-12-4-2-3-5-15(12)25-17)26(22,23)11-6-7-14-13(8-11)18-16(21)10-24-14/h2-8H,9-10H2,1H3,(H,18,21). The van der Waals surface area contributed by atoms with E-state index in [0.29, 0.717) is 16.4 Å². The number of amides is 1. The Balaban J connectivity index is 1.61. The molecule has 0 saturated heterocycles. The van der Waals surface area contributed by atoms with Crippen molar-refractivity contribution >= 4 is 43.2 Å². The van der Waals surface area contributed by atoms with E-state index in [1.165, 1.54) is 34.8 Å². The monoisotopic (exact) mass is 389 g/mol. The molecule has 26 heavy (non-hydrogen) atoms. The lowest BCUT2D eigenvalue weighted by atomic mass is 10.2. The van der Waals surface area contributed by atoms with Gasteiger partial charge in [-0.05, 0) is 30.3 Å². The van der Waals surface area contributed by atoms with Gasteiger partial charge in [-0.3, -0.25) is 4.79 Å². The molecular weight excluding hydrogens is 374 g/mol. The van der Waals surface area contributed by atoms with Crippen LogP contribution in [0.5, 0.6) is 5.75 Å². The fraction of sp³-hybridized carbons (Fsp3) is 0.176. The van der Waals surface area contributed by atoms with Crippen LogP contribution in [0.4, 0.5) is 5.69 Å². The van der Waals surface area contributed by atoms with E-state index in [4.69, 9.17) is 4.74 Å². The maximum absolute atomic E-state index is 12.9. The molecule has 0 saturated carbocycles. The fourth-order valence-corrected chi connectivity index (χ4v) is 4.93. The average Bonchev–Trinajstić information content (AvgIpc) is 3.03. The minimum atomic E-state index is -3.73. The second-order valence-electron chi connectivity index (χ2n) is 5.83. The maximum Gasteiger partial charge on any atom is 0.262 e. The van der Waals surface area contributed by atoms with Crippen LogP contribution in [0.1, 0.15) is 5.01 Å². The molecule has 1 aliphatic heterocycles. The van der Waals surface area contributed by atoms with Crippen LogP contribution < -0.4 is 10.1 Å². The molecule has 2 heterocycles. The molecule has 0 bridgehead atoms. The molecule has 9 heteroatoms. The first kappa shape index (κ1) is 17.0. The molecule has 1 N–H and O–H groups in total. The minimum Gasteiger partial charge on any atom is -0.482 e. The first-order valence-corrected chi connectivity index (χ1v) is 10.1. The zero-order valence-corrected chi connectivity index (χ0v) is 15.4. The molecule has 0 unspecified atom stereocenters. The SMILES string of the molecule is CN(Cc1nc2ccccc2s1)S(=O)(=O)c1ccc2c(c1)NC(=O)CO2. The minimum absolute atomic E-state index is 0.0728. The molecule has 2 aromatic carbocycles. The summed E-state index contributed by atoms with van der Waals surface area (Å²) in [6, 6.07) is 12.1. The second kappa shape index (κ2) is 6.35. The second-order valence-corrected chi connectivity index (χ2v) is 8.99. The predicted octanol–water partition coefficient (Wildman–Crippen LogP) is 2.45. The number of hydrogen-bond donors (Lipinski definition) is 1. The molecule has 4 rings (SSSR count). The van der Waals surface area contributed by atoms with Crippen LogP contribution in [0.25, 0.3) is 10.2 Å². The molecule has 7 nitrogen and oxygen atoms in total. The quantitative estimate of drug-likeness (QED) is 0.740. The lowest BCUT2D eigenvalue weighted by Gasteiger charge is -2.20. The Kier molecular flexibility index (Phi) is 4.14. The van der Waals surface area contributed by atoms with Crippen LogP contribution in [0, 0.1) is 0 Å². The lowest BCUT2D eigenvalue weighted by Crippen LogP contribution is -2.28. The highest BCUT2D eigenvalue weighted by Gasteiger charge is 2.25. The third-order valence-electron chi connectivity index (χ3n) is 3.99. The van der Waals surface area contributed by atoms with Gasteiger partial charge >= 0.3 is 0 Å². The number of para-hydroxylation sites is 1. The number of benzene rings is 2. The molecule has 0 aliphatic carbocycles. The van der Waals surface area contributed by atoms with Gasteiger partial charge in [-0.25, -0.2) is 13.4 Å². The summed E-state index contributed by atoms with van der Waals surface area (Å²) < 4.78 is 33.3. The van der Waals surface area contributed by atoms with Gasteiger partial charge in [-0.1, -0.05) is 12.1 Å². The van der Waals surface area contributed by atoms with E-state index < -0.39 is 10.0 Å². The van der Waals surface area contributed by atoms with Gasteiger partial charge in [-0.2, -0.15) is 4.31 Å². The van der Waals surface area contributed by atoms with Crippen molar-refractivity contribution in [2.24, 2.45) is 0 Å². The number of hydrogen-bond acceptors (Lipinski definition) is 6. The van der Waals surface area contributed by atoms with Gasteiger partial charge in [-0.15, -0.1) is 11.3 Å². The lowest BCUT2D eigenvalue weighted by molar-refractivity contribution is -0.118. The summed E-state index contributed by atoms with van der Waals surface area (Å²) in [6.45, 7) is 0.0955. The van der Waals surface area contributed by atoms with Crippen LogP contribution in [0.15, 0.2) is 47.4 Å². The van der Waals surface area contributed by atoms with Gasteiger partial charge < -0.3 is 10.1 Å². The first-order chi connectivity index (χ1) is 12.4. The topological polar surface area (TPSA) is 88.6 Å². The molecule has 134 valence electrons. The summed E-state index contributed by atoms with van der Waals surface area (Å²) in [5.41, 5.74) is 1.21. The van der Waals surface area contributed by atoms with Crippen molar-refractivity contribution in [1.29, 1.82) is 0 Å². The molecule has 1 aliphatic rings. The van der Waals surface area contributed by atoms with Crippen molar-refractivity contribution in [3.05, 3.63) is 47.5 Å². The van der Waals surface area contributed by atoms with E-state index in [1.807, 2.05) is 24.3 Å². The van der Waals surface area contributed by atoms with E-state index in [9.17, 15) is 13.2 Å². The van der Waals surface area contributed by atoms with Crippen molar-refractivity contribution < 1.29 is 17.9 Å². The van der Waals surface area contributed by atoms with E-state index in [0.717, 1.165) is 10.2 Å². The average molecular weight is 389 g/mol. The fourth-order valence-electron chi connectivity index (χ4n) is 2.67. The molecule has 1 aromatic heterocycles. The Bertz CT molecular complexity index is 1080. The van der Waals surface area contributed by atoms with Crippen LogP contribution in [-0.2, 0) is 21.4 Å². The van der Waals surface area contributed by atoms with Crippen molar-refractivity contribution in [2.45, 2.75) is 11.4 Å². The number of carbonyl (C=O) groups is 1. The third kappa shape index (κ3) is 3.05. The number of ether oxygens (including phenoxy) is 1. The number of aromatic nitrogens is 1. The Morgan fingerprint density at radius 3 is 2.88 bits per heavy atom. The number of sulfonamides is 1. The highest BCUT2D eigenvalue weighted by molar-refractivity contribution is 7.89. The molecule has 1 amide bonds. The third-order valence-corrected chi connectivity index (χ3v) is 6.81. The number of rotatable bonds is 4. The number of nitrogens with one attached hydrogen (secondary N) is 1. The van der Waals surface area contributed by atoms with Gasteiger partial charge in [0.25, 0.3) is 5.91 Å². The first-order valence-electron chi connectivity index (χ1n) is 7.81. The summed E-state index contributed by atoms with van der Waals surface area (Å²) in [6.07, 6.45) is 0. The normalized spacial score (nSPS) is 14.2. The number of carbonyl (C=O) groups excluding carboxylic acids is 1. The van der Waals surface area contributed by atoms with Gasteiger partial charge in [0.15, 0.2) is 6.61 Å². The summed E-state index contributed by atoms with van der Waals surface area (Å²) in [5.74, 6) is 0.146. The summed E-state index contributed by atoms with van der Waals surface area (Å²) >= 11 is 1.47. The van der Waals surface area contributed by atoms with Crippen LogP contribution in [0.2, 0.25) is 0 Å². The van der Waals surface area contributed by atoms with E-state index >= 15 is 0 Å².